The average molecular weight is 246 g/mol. The quantitative estimate of drug-likeness (QED) is 0.639. The van der Waals surface area contributed by atoms with E-state index in [1.807, 2.05) is 0 Å². The van der Waals surface area contributed by atoms with Crippen LogP contribution in [0.25, 0.3) is 0 Å². The summed E-state index contributed by atoms with van der Waals surface area (Å²) in [4.78, 5) is 34.1. The first-order valence-corrected chi connectivity index (χ1v) is 5.17. The highest BCUT2D eigenvalue weighted by atomic mass is 16.5. The predicted octanol–water partition coefficient (Wildman–Crippen LogP) is -0.0884. The van der Waals surface area contributed by atoms with Gasteiger partial charge in [-0.15, -0.1) is 0 Å². The van der Waals surface area contributed by atoms with Crippen LogP contribution in [0.2, 0.25) is 0 Å². The minimum Gasteiger partial charge on any atom is -0.481 e. The Labute approximate surface area is 99.7 Å². The van der Waals surface area contributed by atoms with Crippen LogP contribution in [-0.2, 0) is 14.3 Å². The predicted molar refractivity (Wildman–Crippen MR) is 59.5 cm³/mol. The smallest absolute Gasteiger partial charge is 0.317 e. The molecule has 2 N–H and O–H groups in total. The van der Waals surface area contributed by atoms with E-state index in [0.29, 0.717) is 0 Å². The summed E-state index contributed by atoms with van der Waals surface area (Å²) in [7, 11) is 2.79. The molecular formula is C10H18N2O5. The summed E-state index contributed by atoms with van der Waals surface area (Å²) >= 11 is 0. The fourth-order valence-corrected chi connectivity index (χ4v) is 0.925. The van der Waals surface area contributed by atoms with Gasteiger partial charge >= 0.3 is 18.0 Å². The van der Waals surface area contributed by atoms with Gasteiger partial charge in [-0.25, -0.2) is 4.79 Å². The normalized spacial score (nSPS) is 11.5. The molecule has 0 fully saturated rings. The maximum absolute atomic E-state index is 11.4. The summed E-state index contributed by atoms with van der Waals surface area (Å²) in [6.45, 7) is 1.77. The van der Waals surface area contributed by atoms with Crippen LogP contribution in [0, 0.1) is 5.92 Å². The molecule has 0 spiro atoms. The van der Waals surface area contributed by atoms with Crippen LogP contribution in [0.3, 0.4) is 0 Å². The molecule has 17 heavy (non-hydrogen) atoms. The number of urea groups is 1. The Balaban J connectivity index is 3.90. The number of aliphatic carboxylic acids is 1. The van der Waals surface area contributed by atoms with Crippen molar-refractivity contribution in [3.8, 4) is 0 Å². The summed E-state index contributed by atoms with van der Waals surface area (Å²) in [5, 5.41) is 11.1. The Morgan fingerprint density at radius 1 is 1.41 bits per heavy atom. The van der Waals surface area contributed by atoms with Crippen LogP contribution in [0.4, 0.5) is 4.79 Å². The number of nitrogens with zero attached hydrogens (tertiary/aromatic N) is 1. The molecule has 0 aromatic carbocycles. The zero-order valence-corrected chi connectivity index (χ0v) is 10.2. The largest absolute Gasteiger partial charge is 0.481 e. The molecule has 0 aliphatic rings. The van der Waals surface area contributed by atoms with E-state index >= 15 is 0 Å². The minimum absolute atomic E-state index is 0.0523. The van der Waals surface area contributed by atoms with E-state index in [-0.39, 0.29) is 19.5 Å². The molecule has 0 aliphatic carbocycles. The van der Waals surface area contributed by atoms with E-state index < -0.39 is 23.9 Å². The van der Waals surface area contributed by atoms with Crippen molar-refractivity contribution in [2.24, 2.45) is 5.92 Å². The van der Waals surface area contributed by atoms with Gasteiger partial charge in [0.15, 0.2) is 0 Å². The zero-order valence-electron chi connectivity index (χ0n) is 10.2. The second kappa shape index (κ2) is 7.48. The van der Waals surface area contributed by atoms with Gasteiger partial charge in [0, 0.05) is 20.1 Å². The third-order valence-corrected chi connectivity index (χ3v) is 2.21. The number of amides is 2. The van der Waals surface area contributed by atoms with Gasteiger partial charge in [-0.2, -0.15) is 0 Å². The average Bonchev–Trinajstić information content (AvgIpc) is 2.31. The topological polar surface area (TPSA) is 95.9 Å². The van der Waals surface area contributed by atoms with Gasteiger partial charge in [0.2, 0.25) is 0 Å². The molecular weight excluding hydrogens is 228 g/mol. The first-order valence-electron chi connectivity index (χ1n) is 5.17. The van der Waals surface area contributed by atoms with Crippen molar-refractivity contribution in [3.05, 3.63) is 0 Å². The standard InChI is InChI=1S/C10H18N2O5/c1-7(9(14)15)6-11-10(16)12(2)5-4-8(13)17-3/h7H,4-6H2,1-3H3,(H,11,16)(H,14,15). The molecule has 2 amide bonds. The third-order valence-electron chi connectivity index (χ3n) is 2.21. The number of esters is 1. The van der Waals surface area contributed by atoms with E-state index in [2.05, 4.69) is 10.1 Å². The van der Waals surface area contributed by atoms with Gasteiger partial charge in [-0.05, 0) is 0 Å². The number of hydrogen-bond donors (Lipinski definition) is 2. The van der Waals surface area contributed by atoms with Crippen molar-refractivity contribution in [2.75, 3.05) is 27.2 Å². The van der Waals surface area contributed by atoms with Gasteiger partial charge in [-0.1, -0.05) is 6.92 Å². The van der Waals surface area contributed by atoms with Crippen LogP contribution in [0.15, 0.2) is 0 Å². The maximum Gasteiger partial charge on any atom is 0.317 e. The zero-order chi connectivity index (χ0) is 13.4. The van der Waals surface area contributed by atoms with Crippen molar-refractivity contribution in [2.45, 2.75) is 13.3 Å². The molecule has 0 heterocycles. The summed E-state index contributed by atoms with van der Waals surface area (Å²) in [6.07, 6.45) is 0.106. The Kier molecular flexibility index (Phi) is 6.69. The van der Waals surface area contributed by atoms with Gasteiger partial charge < -0.3 is 20.1 Å². The van der Waals surface area contributed by atoms with Crippen molar-refractivity contribution in [3.63, 3.8) is 0 Å². The number of ether oxygens (including phenoxy) is 1. The molecule has 1 unspecified atom stereocenters. The first kappa shape index (κ1) is 15.2. The molecule has 0 rings (SSSR count). The highest BCUT2D eigenvalue weighted by Gasteiger charge is 2.14. The summed E-state index contributed by atoms with van der Waals surface area (Å²) in [6, 6.07) is -0.415. The second-order valence-corrected chi connectivity index (χ2v) is 3.67. The molecule has 0 saturated heterocycles. The first-order chi connectivity index (χ1) is 7.88. The van der Waals surface area contributed by atoms with Crippen molar-refractivity contribution in [1.29, 1.82) is 0 Å². The number of methoxy groups -OCH3 is 1. The fraction of sp³-hybridized carbons (Fsp3) is 0.700. The SMILES string of the molecule is COC(=O)CCN(C)C(=O)NCC(C)C(=O)O. The minimum atomic E-state index is -0.970. The van der Waals surface area contributed by atoms with E-state index in [1.54, 1.807) is 0 Å². The lowest BCUT2D eigenvalue weighted by Crippen LogP contribution is -2.41. The summed E-state index contributed by atoms with van der Waals surface area (Å²) in [5.74, 6) is -2.01. The molecule has 0 radical (unpaired) electrons. The third kappa shape index (κ3) is 6.39. The van der Waals surface area contributed by atoms with Gasteiger partial charge in [0.1, 0.15) is 0 Å². The van der Waals surface area contributed by atoms with Crippen molar-refractivity contribution >= 4 is 18.0 Å². The lowest BCUT2D eigenvalue weighted by Gasteiger charge is -2.18. The molecule has 0 aromatic heterocycles. The molecule has 7 heteroatoms. The van der Waals surface area contributed by atoms with Crippen LogP contribution in [0.1, 0.15) is 13.3 Å². The number of carboxylic acid groups (broad SMARTS) is 1. The Hall–Kier alpha value is -1.79. The molecule has 0 aliphatic heterocycles. The van der Waals surface area contributed by atoms with Crippen LogP contribution >= 0.6 is 0 Å². The lowest BCUT2D eigenvalue weighted by atomic mass is 10.2. The molecule has 0 saturated carbocycles. The number of carboxylic acids is 1. The number of hydrogen-bond acceptors (Lipinski definition) is 4. The van der Waals surface area contributed by atoms with Crippen LogP contribution in [-0.4, -0.2) is 55.2 Å². The molecule has 98 valence electrons. The second-order valence-electron chi connectivity index (χ2n) is 3.67. The molecule has 0 bridgehead atoms. The maximum atomic E-state index is 11.4. The fourth-order valence-electron chi connectivity index (χ4n) is 0.925. The van der Waals surface area contributed by atoms with Crippen molar-refractivity contribution in [1.82, 2.24) is 10.2 Å². The van der Waals surface area contributed by atoms with Crippen LogP contribution in [0.5, 0.6) is 0 Å². The molecule has 0 aromatic rings. The lowest BCUT2D eigenvalue weighted by molar-refractivity contribution is -0.141. The van der Waals surface area contributed by atoms with Gasteiger partial charge in [-0.3, -0.25) is 9.59 Å². The molecule has 7 nitrogen and oxygen atoms in total. The number of rotatable bonds is 6. The van der Waals surface area contributed by atoms with E-state index in [9.17, 15) is 14.4 Å². The highest BCUT2D eigenvalue weighted by molar-refractivity contribution is 5.76. The summed E-state index contributed by atoms with van der Waals surface area (Å²) in [5.41, 5.74) is 0. The van der Waals surface area contributed by atoms with E-state index in [4.69, 9.17) is 5.11 Å². The van der Waals surface area contributed by atoms with Crippen LogP contribution < -0.4 is 5.32 Å². The van der Waals surface area contributed by atoms with E-state index in [0.717, 1.165) is 0 Å². The Morgan fingerprint density at radius 2 is 2.00 bits per heavy atom. The summed E-state index contributed by atoms with van der Waals surface area (Å²) < 4.78 is 4.43. The van der Waals surface area contributed by atoms with Gasteiger partial charge in [0.25, 0.3) is 0 Å². The monoisotopic (exact) mass is 246 g/mol. The number of carbonyl (C=O) groups excluding carboxylic acids is 2. The van der Waals surface area contributed by atoms with E-state index in [1.165, 1.54) is 26.0 Å². The number of carbonyl (C=O) groups is 3. The van der Waals surface area contributed by atoms with Crippen molar-refractivity contribution < 1.29 is 24.2 Å². The Bertz CT molecular complexity index is 292. The highest BCUT2D eigenvalue weighted by Crippen LogP contribution is 1.94. The Morgan fingerprint density at radius 3 is 2.47 bits per heavy atom. The molecule has 1 atom stereocenters. The number of nitrogens with one attached hydrogen (secondary N) is 1. The van der Waals surface area contributed by atoms with Gasteiger partial charge in [0.05, 0.1) is 19.4 Å².